The fourth-order valence-electron chi connectivity index (χ4n) is 3.74. The van der Waals surface area contributed by atoms with Crippen LogP contribution in [0.15, 0.2) is 59.3 Å². The van der Waals surface area contributed by atoms with Crippen LogP contribution in [-0.4, -0.2) is 49.9 Å². The number of alkyl halides is 3. The number of rotatable bonds is 6. The number of sulfone groups is 1. The molecule has 6 nitrogen and oxygen atoms in total. The molecule has 1 aromatic heterocycles. The van der Waals surface area contributed by atoms with Gasteiger partial charge in [-0.2, -0.15) is 13.2 Å². The number of hydrogen-bond acceptors (Lipinski definition) is 4. The van der Waals surface area contributed by atoms with Crippen molar-refractivity contribution in [3.05, 3.63) is 65.6 Å². The first-order chi connectivity index (χ1) is 15.8. The highest BCUT2D eigenvalue weighted by atomic mass is 32.2. The summed E-state index contributed by atoms with van der Waals surface area (Å²) in [5.41, 5.74) is 1.81. The summed E-state index contributed by atoms with van der Waals surface area (Å²) in [7, 11) is -2.43. The number of hydrogen-bond donors (Lipinski definition) is 1. The third-order valence-electron chi connectivity index (χ3n) is 5.36. The van der Waals surface area contributed by atoms with Crippen LogP contribution in [0.3, 0.4) is 0 Å². The molecule has 11 heteroatoms. The largest absolute Gasteiger partial charge is 0.501 e. The Balaban J connectivity index is 2.33. The minimum atomic E-state index is -5.58. The average Bonchev–Trinajstić information content (AvgIpc) is 3.03. The van der Waals surface area contributed by atoms with E-state index in [0.717, 1.165) is 12.1 Å². The van der Waals surface area contributed by atoms with E-state index in [9.17, 15) is 30.8 Å². The van der Waals surface area contributed by atoms with Gasteiger partial charge in [0.25, 0.3) is 15.7 Å². The van der Waals surface area contributed by atoms with Crippen LogP contribution < -0.4 is 5.73 Å². The van der Waals surface area contributed by atoms with Crippen LogP contribution >= 0.6 is 0 Å². The first-order valence-electron chi connectivity index (χ1n) is 10.1. The fourth-order valence-corrected chi connectivity index (χ4v) is 4.54. The molecule has 0 aliphatic carbocycles. The summed E-state index contributed by atoms with van der Waals surface area (Å²) in [4.78, 5) is 13.0. The number of halogens is 4. The van der Waals surface area contributed by atoms with Crippen molar-refractivity contribution < 1.29 is 30.8 Å². The van der Waals surface area contributed by atoms with Gasteiger partial charge in [0.15, 0.2) is 0 Å². The van der Waals surface area contributed by atoms with Crippen LogP contribution in [0, 0.1) is 6.92 Å². The maximum atomic E-state index is 14.4. The van der Waals surface area contributed by atoms with E-state index in [1.807, 2.05) is 0 Å². The Kier molecular flexibility index (Phi) is 6.90. The third kappa shape index (κ3) is 4.58. The predicted octanol–water partition coefficient (Wildman–Crippen LogP) is 4.42. The summed E-state index contributed by atoms with van der Waals surface area (Å²) < 4.78 is 79.3. The average molecular weight is 498 g/mol. The monoisotopic (exact) mass is 497 g/mol. The van der Waals surface area contributed by atoms with E-state index in [4.69, 9.17) is 5.73 Å². The molecular weight excluding hydrogens is 474 g/mol. The third-order valence-corrected chi connectivity index (χ3v) is 6.85. The van der Waals surface area contributed by atoms with Gasteiger partial charge in [0.2, 0.25) is 0 Å². The normalized spacial score (nSPS) is 12.9. The second-order valence-electron chi connectivity index (χ2n) is 7.84. The Bertz CT molecular complexity index is 1390. The van der Waals surface area contributed by atoms with Gasteiger partial charge in [-0.05, 0) is 48.9 Å². The number of amides is 1. The van der Waals surface area contributed by atoms with Crippen LogP contribution in [0.25, 0.3) is 22.0 Å². The Morgan fingerprint density at radius 2 is 1.82 bits per heavy atom. The van der Waals surface area contributed by atoms with E-state index in [1.165, 1.54) is 23.1 Å². The molecule has 0 bridgehead atoms. The van der Waals surface area contributed by atoms with Gasteiger partial charge >= 0.3 is 5.51 Å². The highest BCUT2D eigenvalue weighted by Gasteiger charge is 2.47. The molecule has 0 saturated carbocycles. The lowest BCUT2D eigenvalue weighted by atomic mass is 10.0. The van der Waals surface area contributed by atoms with Gasteiger partial charge in [-0.25, -0.2) is 12.8 Å². The van der Waals surface area contributed by atoms with Crippen molar-refractivity contribution in [2.24, 2.45) is 5.73 Å². The number of allylic oxidation sites excluding steroid dienone is 1. The molecule has 1 amide bonds. The molecule has 2 aromatic carbocycles. The van der Waals surface area contributed by atoms with Crippen molar-refractivity contribution in [3.63, 3.8) is 0 Å². The first kappa shape index (κ1) is 25.4. The van der Waals surface area contributed by atoms with Gasteiger partial charge in [0.1, 0.15) is 5.83 Å². The number of nitrogens with zero attached hydrogens (tertiary/aromatic N) is 2. The lowest BCUT2D eigenvalue weighted by Crippen LogP contribution is -2.23. The van der Waals surface area contributed by atoms with Crippen molar-refractivity contribution in [1.82, 2.24) is 9.47 Å². The smallest absolute Gasteiger partial charge is 0.345 e. The van der Waals surface area contributed by atoms with Crippen LogP contribution in [0.5, 0.6) is 0 Å². The first-order valence-corrected chi connectivity index (χ1v) is 11.6. The van der Waals surface area contributed by atoms with E-state index in [-0.39, 0.29) is 24.6 Å². The van der Waals surface area contributed by atoms with Crippen molar-refractivity contribution in [2.45, 2.75) is 23.9 Å². The van der Waals surface area contributed by atoms with Gasteiger partial charge in [-0.15, -0.1) is 0 Å². The summed E-state index contributed by atoms with van der Waals surface area (Å²) in [5, 5.41) is 0.465. The van der Waals surface area contributed by atoms with E-state index in [1.54, 1.807) is 43.8 Å². The van der Waals surface area contributed by atoms with Gasteiger partial charge in [-0.3, -0.25) is 4.79 Å². The molecule has 0 aliphatic heterocycles. The van der Waals surface area contributed by atoms with E-state index in [2.05, 4.69) is 0 Å². The van der Waals surface area contributed by atoms with E-state index < -0.39 is 26.1 Å². The summed E-state index contributed by atoms with van der Waals surface area (Å²) in [5.74, 6) is -0.822. The highest BCUT2D eigenvalue weighted by molar-refractivity contribution is 7.92. The van der Waals surface area contributed by atoms with E-state index in [0.29, 0.717) is 27.7 Å². The topological polar surface area (TPSA) is 85.4 Å². The Hall–Kier alpha value is -3.18. The molecule has 3 aromatic rings. The maximum absolute atomic E-state index is 14.4. The number of carbonyl (C=O) groups excluding carboxylic acids is 1. The second-order valence-corrected chi connectivity index (χ2v) is 9.78. The number of aromatic nitrogens is 1. The summed E-state index contributed by atoms with van der Waals surface area (Å²) >= 11 is 0. The minimum Gasteiger partial charge on any atom is -0.345 e. The standard InChI is InChI=1S/C23H23F4N3O3S/c1-14-21(15-5-4-6-18(11-15)34(32,33)23(25,26)27)19-12-16(22(31)29(2)3)7-8-20(19)30(14)13-17(24)9-10-28/h4-9,11-12H,10,13,28H2,1-3H3/b17-9-. The lowest BCUT2D eigenvalue weighted by molar-refractivity contribution is -0.0436. The van der Waals surface area contributed by atoms with Crippen molar-refractivity contribution in [2.75, 3.05) is 20.6 Å². The van der Waals surface area contributed by atoms with Crippen LogP contribution in [0.1, 0.15) is 16.1 Å². The molecule has 0 radical (unpaired) electrons. The molecule has 182 valence electrons. The number of nitrogens with two attached hydrogens (primary N) is 1. The van der Waals surface area contributed by atoms with Crippen LogP contribution in [0.2, 0.25) is 0 Å². The molecule has 0 fully saturated rings. The molecule has 0 spiro atoms. The van der Waals surface area contributed by atoms with Crippen LogP contribution in [0.4, 0.5) is 17.6 Å². The highest BCUT2D eigenvalue weighted by Crippen LogP contribution is 2.38. The van der Waals surface area contributed by atoms with Crippen LogP contribution in [-0.2, 0) is 16.4 Å². The van der Waals surface area contributed by atoms with Crippen molar-refractivity contribution in [3.8, 4) is 11.1 Å². The molecule has 2 N–H and O–H groups in total. The zero-order valence-corrected chi connectivity index (χ0v) is 19.5. The Morgan fingerprint density at radius 3 is 2.41 bits per heavy atom. The zero-order valence-electron chi connectivity index (χ0n) is 18.6. The molecule has 0 unspecified atom stereocenters. The molecule has 34 heavy (non-hydrogen) atoms. The minimum absolute atomic E-state index is 0.0181. The maximum Gasteiger partial charge on any atom is 0.501 e. The molecule has 1 heterocycles. The quantitative estimate of drug-likeness (QED) is 0.511. The summed E-state index contributed by atoms with van der Waals surface area (Å²) in [6.07, 6.45) is 1.20. The Labute approximate surface area is 194 Å². The number of benzene rings is 2. The molecular formula is C23H23F4N3O3S. The SMILES string of the molecule is Cc1c(-c2cccc(S(=O)(=O)C(F)(F)F)c2)c2cc(C(=O)N(C)C)ccc2n1C/C(F)=C/CN. The van der Waals surface area contributed by atoms with E-state index >= 15 is 0 Å². The van der Waals surface area contributed by atoms with Gasteiger partial charge < -0.3 is 15.2 Å². The predicted molar refractivity (Wildman–Crippen MR) is 122 cm³/mol. The summed E-state index contributed by atoms with van der Waals surface area (Å²) in [6, 6.07) is 9.22. The van der Waals surface area contributed by atoms with Crippen molar-refractivity contribution in [1.29, 1.82) is 0 Å². The molecule has 0 saturated heterocycles. The molecule has 3 rings (SSSR count). The zero-order chi connectivity index (χ0) is 25.4. The van der Waals surface area contributed by atoms with Gasteiger partial charge in [-0.1, -0.05) is 12.1 Å². The Morgan fingerprint density at radius 1 is 1.15 bits per heavy atom. The van der Waals surface area contributed by atoms with Crippen molar-refractivity contribution >= 4 is 26.6 Å². The van der Waals surface area contributed by atoms with Gasteiger partial charge in [0.05, 0.1) is 11.4 Å². The fraction of sp³-hybridized carbons (Fsp3) is 0.261. The van der Waals surface area contributed by atoms with Gasteiger partial charge in [0, 0.05) is 48.4 Å². The molecule has 0 atom stereocenters. The molecule has 0 aliphatic rings. The second kappa shape index (κ2) is 9.22. The number of carbonyl (C=O) groups is 1. The number of fused-ring (bicyclic) bond motifs is 1. The summed E-state index contributed by atoms with van der Waals surface area (Å²) in [6.45, 7) is 1.43. The lowest BCUT2D eigenvalue weighted by Gasteiger charge is -2.11.